The van der Waals surface area contributed by atoms with Gasteiger partial charge in [0.25, 0.3) is 0 Å². The largest absolute Gasteiger partial charge is 0.325 e. The lowest BCUT2D eigenvalue weighted by Crippen LogP contribution is -2.45. The highest BCUT2D eigenvalue weighted by Crippen LogP contribution is 2.24. The van der Waals surface area contributed by atoms with Gasteiger partial charge in [0.2, 0.25) is 15.9 Å². The number of benzene rings is 1. The van der Waals surface area contributed by atoms with Crippen molar-refractivity contribution in [3.63, 3.8) is 0 Å². The second kappa shape index (κ2) is 7.93. The van der Waals surface area contributed by atoms with Gasteiger partial charge >= 0.3 is 0 Å². The van der Waals surface area contributed by atoms with E-state index in [1.807, 2.05) is 24.3 Å². The molecule has 1 saturated carbocycles. The zero-order chi connectivity index (χ0) is 16.9. The molecule has 0 aromatic heterocycles. The van der Waals surface area contributed by atoms with Crippen LogP contribution >= 0.6 is 0 Å². The minimum absolute atomic E-state index is 0.0491. The molecule has 0 saturated heterocycles. The Morgan fingerprint density at radius 3 is 2.30 bits per heavy atom. The molecule has 0 unspecified atom stereocenters. The van der Waals surface area contributed by atoms with Crippen molar-refractivity contribution in [2.45, 2.75) is 51.5 Å². The standard InChI is InChI=1S/C17H26N2O3S/c1-3-14-9-11-15(12-10-14)18-17(20)13-19(23(2,21)22)16-7-5-4-6-8-16/h9-12,16H,3-8,13H2,1-2H3,(H,18,20). The monoisotopic (exact) mass is 338 g/mol. The summed E-state index contributed by atoms with van der Waals surface area (Å²) in [6.07, 6.45) is 7.00. The number of amides is 1. The quantitative estimate of drug-likeness (QED) is 0.867. The number of hydrogen-bond donors (Lipinski definition) is 1. The molecule has 6 heteroatoms. The lowest BCUT2D eigenvalue weighted by Gasteiger charge is -2.31. The lowest BCUT2D eigenvalue weighted by molar-refractivity contribution is -0.116. The molecule has 1 fully saturated rings. The van der Waals surface area contributed by atoms with Crippen LogP contribution in [0.25, 0.3) is 0 Å². The van der Waals surface area contributed by atoms with E-state index in [-0.39, 0.29) is 18.5 Å². The average Bonchev–Trinajstić information content (AvgIpc) is 2.53. The van der Waals surface area contributed by atoms with E-state index >= 15 is 0 Å². The molecule has 1 aliphatic carbocycles. The minimum Gasteiger partial charge on any atom is -0.325 e. The first-order chi connectivity index (χ1) is 10.9. The van der Waals surface area contributed by atoms with E-state index in [4.69, 9.17) is 0 Å². The number of anilines is 1. The maximum absolute atomic E-state index is 12.2. The van der Waals surface area contributed by atoms with Gasteiger partial charge < -0.3 is 5.32 Å². The fraction of sp³-hybridized carbons (Fsp3) is 0.588. The number of carbonyl (C=O) groups is 1. The summed E-state index contributed by atoms with van der Waals surface area (Å²) in [5.74, 6) is -0.287. The van der Waals surface area contributed by atoms with Crippen molar-refractivity contribution < 1.29 is 13.2 Å². The van der Waals surface area contributed by atoms with Crippen molar-refractivity contribution in [3.05, 3.63) is 29.8 Å². The molecule has 23 heavy (non-hydrogen) atoms. The van der Waals surface area contributed by atoms with Crippen LogP contribution in [-0.2, 0) is 21.2 Å². The predicted molar refractivity (Wildman–Crippen MR) is 92.9 cm³/mol. The molecule has 0 radical (unpaired) electrons. The molecule has 1 N–H and O–H groups in total. The van der Waals surface area contributed by atoms with Crippen molar-refractivity contribution in [2.75, 3.05) is 18.1 Å². The molecular formula is C17H26N2O3S. The van der Waals surface area contributed by atoms with Crippen LogP contribution in [0, 0.1) is 0 Å². The van der Waals surface area contributed by atoms with E-state index in [1.54, 1.807) is 0 Å². The third-order valence-corrected chi connectivity index (χ3v) is 5.63. The summed E-state index contributed by atoms with van der Waals surface area (Å²) < 4.78 is 25.5. The Hall–Kier alpha value is -1.40. The normalized spacial score (nSPS) is 16.5. The number of carbonyl (C=O) groups excluding carboxylic acids is 1. The van der Waals surface area contributed by atoms with Crippen molar-refractivity contribution in [3.8, 4) is 0 Å². The van der Waals surface area contributed by atoms with Gasteiger partial charge in [-0.1, -0.05) is 38.3 Å². The fourth-order valence-electron chi connectivity index (χ4n) is 3.05. The summed E-state index contributed by atoms with van der Waals surface area (Å²) in [4.78, 5) is 12.2. The molecule has 2 rings (SSSR count). The summed E-state index contributed by atoms with van der Waals surface area (Å²) in [5, 5.41) is 2.79. The van der Waals surface area contributed by atoms with E-state index in [2.05, 4.69) is 12.2 Å². The van der Waals surface area contributed by atoms with E-state index in [1.165, 1.54) is 16.1 Å². The Bertz CT molecular complexity index is 620. The Kier molecular flexibility index (Phi) is 6.18. The Labute approximate surface area is 139 Å². The van der Waals surface area contributed by atoms with Gasteiger partial charge in [-0.2, -0.15) is 4.31 Å². The zero-order valence-electron chi connectivity index (χ0n) is 13.9. The van der Waals surface area contributed by atoms with Crippen LogP contribution in [0.5, 0.6) is 0 Å². The number of aryl methyl sites for hydroxylation is 1. The molecule has 0 aliphatic heterocycles. The van der Waals surface area contributed by atoms with Crippen LogP contribution in [0.4, 0.5) is 5.69 Å². The highest BCUT2D eigenvalue weighted by molar-refractivity contribution is 7.88. The van der Waals surface area contributed by atoms with E-state index < -0.39 is 10.0 Å². The Morgan fingerprint density at radius 2 is 1.78 bits per heavy atom. The van der Waals surface area contributed by atoms with Crippen LogP contribution in [0.15, 0.2) is 24.3 Å². The van der Waals surface area contributed by atoms with Crippen molar-refractivity contribution in [1.29, 1.82) is 0 Å². The average molecular weight is 338 g/mol. The summed E-state index contributed by atoms with van der Waals surface area (Å²) in [5.41, 5.74) is 1.90. The molecule has 0 atom stereocenters. The van der Waals surface area contributed by atoms with Crippen molar-refractivity contribution in [2.24, 2.45) is 0 Å². The second-order valence-corrected chi connectivity index (χ2v) is 8.13. The summed E-state index contributed by atoms with van der Waals surface area (Å²) in [6.45, 7) is 1.96. The molecular weight excluding hydrogens is 312 g/mol. The number of rotatable bonds is 6. The molecule has 0 bridgehead atoms. The summed E-state index contributed by atoms with van der Waals surface area (Å²) in [6, 6.07) is 7.58. The van der Waals surface area contributed by atoms with Gasteiger partial charge in [0, 0.05) is 11.7 Å². The zero-order valence-corrected chi connectivity index (χ0v) is 14.7. The van der Waals surface area contributed by atoms with Gasteiger partial charge in [-0.15, -0.1) is 0 Å². The Balaban J connectivity index is 2.01. The molecule has 1 amide bonds. The van der Waals surface area contributed by atoms with Crippen LogP contribution in [-0.4, -0.2) is 37.5 Å². The maximum atomic E-state index is 12.2. The number of sulfonamides is 1. The third-order valence-electron chi connectivity index (χ3n) is 4.35. The van der Waals surface area contributed by atoms with E-state index in [9.17, 15) is 13.2 Å². The highest BCUT2D eigenvalue weighted by atomic mass is 32.2. The van der Waals surface area contributed by atoms with E-state index in [0.29, 0.717) is 5.69 Å². The predicted octanol–water partition coefficient (Wildman–Crippen LogP) is 2.78. The van der Waals surface area contributed by atoms with Gasteiger partial charge in [-0.3, -0.25) is 4.79 Å². The van der Waals surface area contributed by atoms with Gasteiger partial charge in [0.1, 0.15) is 0 Å². The third kappa shape index (κ3) is 5.32. The number of hydrogen-bond acceptors (Lipinski definition) is 3. The van der Waals surface area contributed by atoms with Crippen LogP contribution in [0.2, 0.25) is 0 Å². The first kappa shape index (κ1) is 17.9. The maximum Gasteiger partial charge on any atom is 0.239 e. The first-order valence-corrected chi connectivity index (χ1v) is 10.1. The topological polar surface area (TPSA) is 66.5 Å². The summed E-state index contributed by atoms with van der Waals surface area (Å²) >= 11 is 0. The van der Waals surface area contributed by atoms with Crippen LogP contribution in [0.1, 0.15) is 44.6 Å². The fourth-order valence-corrected chi connectivity index (χ4v) is 4.16. The molecule has 5 nitrogen and oxygen atoms in total. The van der Waals surface area contributed by atoms with Gasteiger partial charge in [0.15, 0.2) is 0 Å². The van der Waals surface area contributed by atoms with Crippen molar-refractivity contribution >= 4 is 21.6 Å². The van der Waals surface area contributed by atoms with Gasteiger partial charge in [0.05, 0.1) is 12.8 Å². The number of nitrogens with one attached hydrogen (secondary N) is 1. The first-order valence-electron chi connectivity index (χ1n) is 8.25. The SMILES string of the molecule is CCc1ccc(NC(=O)CN(C2CCCCC2)S(C)(=O)=O)cc1. The molecule has 1 aromatic carbocycles. The molecule has 0 heterocycles. The molecule has 128 valence electrons. The van der Waals surface area contributed by atoms with Gasteiger partial charge in [-0.25, -0.2) is 8.42 Å². The Morgan fingerprint density at radius 1 is 1.17 bits per heavy atom. The van der Waals surface area contributed by atoms with Crippen molar-refractivity contribution in [1.82, 2.24) is 4.31 Å². The number of nitrogens with zero attached hydrogens (tertiary/aromatic N) is 1. The molecule has 0 spiro atoms. The molecule has 1 aliphatic rings. The molecule has 1 aromatic rings. The second-order valence-electron chi connectivity index (χ2n) is 6.20. The summed E-state index contributed by atoms with van der Waals surface area (Å²) in [7, 11) is -3.39. The smallest absolute Gasteiger partial charge is 0.239 e. The van der Waals surface area contributed by atoms with Gasteiger partial charge in [-0.05, 0) is 37.0 Å². The lowest BCUT2D eigenvalue weighted by atomic mass is 9.95. The van der Waals surface area contributed by atoms with Crippen LogP contribution < -0.4 is 5.32 Å². The minimum atomic E-state index is -3.39. The van der Waals surface area contributed by atoms with Crippen LogP contribution in [0.3, 0.4) is 0 Å². The highest BCUT2D eigenvalue weighted by Gasteiger charge is 2.29. The van der Waals surface area contributed by atoms with E-state index in [0.717, 1.165) is 38.5 Å².